The highest BCUT2D eigenvalue weighted by atomic mass is 16.5. The predicted octanol–water partition coefficient (Wildman–Crippen LogP) is 1.68. The van der Waals surface area contributed by atoms with Gasteiger partial charge in [-0.2, -0.15) is 0 Å². The molecule has 1 aliphatic rings. The van der Waals surface area contributed by atoms with E-state index in [1.54, 1.807) is 0 Å². The number of nitrogens with zero attached hydrogens (tertiary/aromatic N) is 1. The summed E-state index contributed by atoms with van der Waals surface area (Å²) in [4.78, 5) is 2.38. The van der Waals surface area contributed by atoms with Crippen molar-refractivity contribution < 1.29 is 19.3 Å². The number of hydrogen-bond donors (Lipinski definition) is 1. The summed E-state index contributed by atoms with van der Waals surface area (Å²) < 4.78 is 16.9. The van der Waals surface area contributed by atoms with Gasteiger partial charge in [-0.3, -0.25) is 4.90 Å². The summed E-state index contributed by atoms with van der Waals surface area (Å²) in [6.07, 6.45) is 0.600. The molecule has 1 N–H and O–H groups in total. The highest BCUT2D eigenvalue weighted by molar-refractivity contribution is 5.26. The van der Waals surface area contributed by atoms with Crippen LogP contribution in [0.1, 0.15) is 19.4 Å². The van der Waals surface area contributed by atoms with Crippen LogP contribution in [-0.2, 0) is 16.1 Å². The number of benzene rings is 1. The van der Waals surface area contributed by atoms with Crippen LogP contribution in [0.15, 0.2) is 24.3 Å². The summed E-state index contributed by atoms with van der Waals surface area (Å²) >= 11 is 0. The topological polar surface area (TPSA) is 51.2 Å². The maximum absolute atomic E-state index is 8.97. The van der Waals surface area contributed by atoms with E-state index in [0.717, 1.165) is 30.9 Å². The molecule has 0 radical (unpaired) electrons. The maximum atomic E-state index is 8.97. The van der Waals surface area contributed by atoms with Gasteiger partial charge in [0, 0.05) is 19.6 Å². The second-order valence-electron chi connectivity index (χ2n) is 5.78. The molecular weight excluding hydrogens is 282 g/mol. The van der Waals surface area contributed by atoms with E-state index in [2.05, 4.69) is 18.7 Å². The lowest BCUT2D eigenvalue weighted by Gasteiger charge is -2.35. The number of hydrogen-bond acceptors (Lipinski definition) is 5. The van der Waals surface area contributed by atoms with Crippen molar-refractivity contribution in [1.82, 2.24) is 4.90 Å². The zero-order valence-electron chi connectivity index (χ0n) is 13.5. The lowest BCUT2D eigenvalue weighted by molar-refractivity contribution is -0.0734. The molecule has 0 saturated carbocycles. The fraction of sp³-hybridized carbons (Fsp3) is 0.647. The Labute approximate surface area is 132 Å². The first-order valence-corrected chi connectivity index (χ1v) is 7.95. The fourth-order valence-electron chi connectivity index (χ4n) is 2.67. The van der Waals surface area contributed by atoms with Gasteiger partial charge >= 0.3 is 0 Å². The molecule has 0 aliphatic carbocycles. The molecule has 5 heteroatoms. The van der Waals surface area contributed by atoms with Crippen molar-refractivity contribution in [3.05, 3.63) is 29.8 Å². The van der Waals surface area contributed by atoms with E-state index in [4.69, 9.17) is 19.3 Å². The molecule has 2 atom stereocenters. The van der Waals surface area contributed by atoms with Gasteiger partial charge in [-0.1, -0.05) is 12.1 Å². The van der Waals surface area contributed by atoms with Crippen molar-refractivity contribution in [2.75, 3.05) is 39.5 Å². The van der Waals surface area contributed by atoms with Crippen LogP contribution in [0.5, 0.6) is 5.75 Å². The third-order valence-electron chi connectivity index (χ3n) is 3.65. The molecule has 22 heavy (non-hydrogen) atoms. The Hall–Kier alpha value is -1.14. The summed E-state index contributed by atoms with van der Waals surface area (Å²) in [5, 5.41) is 8.97. The van der Waals surface area contributed by atoms with Gasteiger partial charge in [-0.15, -0.1) is 0 Å². The molecule has 0 spiro atoms. The van der Waals surface area contributed by atoms with Gasteiger partial charge in [-0.05, 0) is 31.5 Å². The van der Waals surface area contributed by atoms with Crippen molar-refractivity contribution in [3.8, 4) is 5.75 Å². The van der Waals surface area contributed by atoms with E-state index in [-0.39, 0.29) is 6.61 Å². The molecule has 1 heterocycles. The Bertz CT molecular complexity index is 413. The molecular formula is C17H27NO4. The van der Waals surface area contributed by atoms with Crippen LogP contribution in [0.4, 0.5) is 0 Å². The lowest BCUT2D eigenvalue weighted by atomic mass is 10.2. The van der Waals surface area contributed by atoms with E-state index in [1.807, 2.05) is 24.3 Å². The summed E-state index contributed by atoms with van der Waals surface area (Å²) in [7, 11) is 0. The Morgan fingerprint density at radius 3 is 2.41 bits per heavy atom. The third kappa shape index (κ3) is 5.93. The minimum absolute atomic E-state index is 0.0577. The molecule has 0 aromatic heterocycles. The second kappa shape index (κ2) is 9.10. The molecule has 5 nitrogen and oxygen atoms in total. The van der Waals surface area contributed by atoms with E-state index >= 15 is 0 Å². The van der Waals surface area contributed by atoms with Gasteiger partial charge in [0.2, 0.25) is 0 Å². The summed E-state index contributed by atoms with van der Waals surface area (Å²) in [6, 6.07) is 7.44. The highest BCUT2D eigenvalue weighted by Gasteiger charge is 2.21. The number of rotatable bonds is 8. The van der Waals surface area contributed by atoms with Crippen LogP contribution in [-0.4, -0.2) is 61.7 Å². The van der Waals surface area contributed by atoms with Crippen molar-refractivity contribution in [2.24, 2.45) is 0 Å². The van der Waals surface area contributed by atoms with Crippen LogP contribution >= 0.6 is 0 Å². The molecule has 1 aromatic rings. The zero-order chi connectivity index (χ0) is 15.8. The van der Waals surface area contributed by atoms with Crippen LogP contribution in [0.3, 0.4) is 0 Å². The molecule has 0 bridgehead atoms. The Morgan fingerprint density at radius 2 is 1.77 bits per heavy atom. The standard InChI is InChI=1S/C17H27NO4/c1-14-11-18(12-15(2)22-14)7-8-20-9-10-21-17-5-3-16(13-19)4-6-17/h3-6,14-15,19H,7-13H2,1-2H3/t14-,15-/m1/s1. The molecule has 1 aromatic carbocycles. The molecule has 2 rings (SSSR count). The Kier molecular flexibility index (Phi) is 7.12. The molecule has 0 unspecified atom stereocenters. The summed E-state index contributed by atoms with van der Waals surface area (Å²) in [6.45, 7) is 8.99. The summed E-state index contributed by atoms with van der Waals surface area (Å²) in [5.74, 6) is 0.802. The highest BCUT2D eigenvalue weighted by Crippen LogP contribution is 2.12. The van der Waals surface area contributed by atoms with Gasteiger partial charge in [0.15, 0.2) is 0 Å². The van der Waals surface area contributed by atoms with Crippen LogP contribution in [0.25, 0.3) is 0 Å². The SMILES string of the molecule is C[C@@H]1CN(CCOCCOc2ccc(CO)cc2)C[C@@H](C)O1. The monoisotopic (exact) mass is 309 g/mol. The molecule has 1 fully saturated rings. The van der Waals surface area contributed by atoms with Gasteiger partial charge in [-0.25, -0.2) is 0 Å². The smallest absolute Gasteiger partial charge is 0.119 e. The van der Waals surface area contributed by atoms with E-state index in [1.165, 1.54) is 0 Å². The quantitative estimate of drug-likeness (QED) is 0.741. The largest absolute Gasteiger partial charge is 0.491 e. The van der Waals surface area contributed by atoms with Gasteiger partial charge in [0.1, 0.15) is 12.4 Å². The van der Waals surface area contributed by atoms with Crippen molar-refractivity contribution >= 4 is 0 Å². The summed E-state index contributed by atoms with van der Waals surface area (Å²) in [5.41, 5.74) is 0.887. The Morgan fingerprint density at radius 1 is 1.09 bits per heavy atom. The number of morpholine rings is 1. The number of aliphatic hydroxyl groups excluding tert-OH is 1. The lowest BCUT2D eigenvalue weighted by Crippen LogP contribution is -2.46. The number of aliphatic hydroxyl groups is 1. The number of ether oxygens (including phenoxy) is 3. The first-order valence-electron chi connectivity index (χ1n) is 7.95. The average Bonchev–Trinajstić information content (AvgIpc) is 2.50. The maximum Gasteiger partial charge on any atom is 0.119 e. The first kappa shape index (κ1) is 17.2. The molecule has 1 aliphatic heterocycles. The van der Waals surface area contributed by atoms with E-state index in [0.29, 0.717) is 32.0 Å². The minimum atomic E-state index is 0.0577. The van der Waals surface area contributed by atoms with Gasteiger partial charge in [0.05, 0.1) is 32.0 Å². The van der Waals surface area contributed by atoms with Crippen molar-refractivity contribution in [1.29, 1.82) is 0 Å². The van der Waals surface area contributed by atoms with E-state index in [9.17, 15) is 0 Å². The molecule has 1 saturated heterocycles. The zero-order valence-corrected chi connectivity index (χ0v) is 13.5. The average molecular weight is 309 g/mol. The normalized spacial score (nSPS) is 22.7. The first-order chi connectivity index (χ1) is 10.7. The second-order valence-corrected chi connectivity index (χ2v) is 5.78. The molecule has 0 amide bonds. The Balaban J connectivity index is 1.53. The van der Waals surface area contributed by atoms with Crippen LogP contribution in [0.2, 0.25) is 0 Å². The molecule has 124 valence electrons. The van der Waals surface area contributed by atoms with Crippen molar-refractivity contribution in [3.63, 3.8) is 0 Å². The van der Waals surface area contributed by atoms with Crippen LogP contribution < -0.4 is 4.74 Å². The predicted molar refractivity (Wildman–Crippen MR) is 85.1 cm³/mol. The van der Waals surface area contributed by atoms with Gasteiger partial charge in [0.25, 0.3) is 0 Å². The van der Waals surface area contributed by atoms with Crippen molar-refractivity contribution in [2.45, 2.75) is 32.7 Å². The van der Waals surface area contributed by atoms with Crippen LogP contribution in [0, 0.1) is 0 Å². The fourth-order valence-corrected chi connectivity index (χ4v) is 2.67. The minimum Gasteiger partial charge on any atom is -0.491 e. The van der Waals surface area contributed by atoms with E-state index < -0.39 is 0 Å². The third-order valence-corrected chi connectivity index (χ3v) is 3.65. The van der Waals surface area contributed by atoms with Gasteiger partial charge < -0.3 is 19.3 Å².